The summed E-state index contributed by atoms with van der Waals surface area (Å²) in [7, 11) is -2.27. The summed E-state index contributed by atoms with van der Waals surface area (Å²) >= 11 is 6.01. The number of nitrogens with one attached hydrogen (secondary N) is 1. The van der Waals surface area contributed by atoms with Crippen molar-refractivity contribution in [1.82, 2.24) is 14.6 Å². The summed E-state index contributed by atoms with van der Waals surface area (Å²) in [5, 5.41) is 10.7. The van der Waals surface area contributed by atoms with Crippen LogP contribution in [0.1, 0.15) is 12.8 Å². The molecule has 1 amide bonds. The van der Waals surface area contributed by atoms with E-state index in [1.807, 2.05) is 0 Å². The Balaban J connectivity index is 1.45. The first-order valence-electron chi connectivity index (χ1n) is 9.26. The van der Waals surface area contributed by atoms with Crippen LogP contribution in [-0.4, -0.2) is 49.1 Å². The lowest BCUT2D eigenvalue weighted by molar-refractivity contribution is -0.120. The van der Waals surface area contributed by atoms with Crippen LogP contribution in [0.5, 0.6) is 5.75 Å². The number of hydrogen-bond donors (Lipinski definition) is 1. The van der Waals surface area contributed by atoms with Crippen molar-refractivity contribution in [3.05, 3.63) is 41.4 Å². The maximum absolute atomic E-state index is 13.1. The van der Waals surface area contributed by atoms with Gasteiger partial charge in [-0.2, -0.15) is 4.31 Å². The van der Waals surface area contributed by atoms with Crippen molar-refractivity contribution >= 4 is 44.3 Å². The van der Waals surface area contributed by atoms with Crippen LogP contribution in [0, 0.1) is 5.92 Å². The molecular weight excluding hydrogens is 432 g/mol. The second-order valence-corrected chi connectivity index (χ2v) is 9.24. The van der Waals surface area contributed by atoms with Crippen molar-refractivity contribution in [1.29, 1.82) is 0 Å². The number of sulfonamides is 1. The molecule has 0 radical (unpaired) electrons. The first kappa shape index (κ1) is 20.6. The summed E-state index contributed by atoms with van der Waals surface area (Å²) in [6.07, 6.45) is 0.780. The number of halogens is 1. The van der Waals surface area contributed by atoms with Crippen molar-refractivity contribution in [3.63, 3.8) is 0 Å². The molecule has 30 heavy (non-hydrogen) atoms. The van der Waals surface area contributed by atoms with Crippen LogP contribution in [-0.2, 0) is 14.8 Å². The molecule has 0 bridgehead atoms. The highest BCUT2D eigenvalue weighted by molar-refractivity contribution is 7.89. The lowest BCUT2D eigenvalue weighted by Gasteiger charge is -2.30. The number of benzene rings is 2. The molecule has 1 aromatic heterocycles. The van der Waals surface area contributed by atoms with E-state index in [2.05, 4.69) is 20.3 Å². The molecule has 0 spiro atoms. The minimum Gasteiger partial charge on any atom is -0.495 e. The Bertz CT molecular complexity index is 1190. The van der Waals surface area contributed by atoms with E-state index >= 15 is 0 Å². The summed E-state index contributed by atoms with van der Waals surface area (Å²) in [6.45, 7) is 0.434. The Hall–Kier alpha value is -2.69. The van der Waals surface area contributed by atoms with Crippen molar-refractivity contribution in [3.8, 4) is 5.75 Å². The smallest absolute Gasteiger partial charge is 0.245 e. The monoisotopic (exact) mass is 450 g/mol. The number of hydrogen-bond acceptors (Lipinski definition) is 7. The molecule has 2 heterocycles. The number of fused-ring (bicyclic) bond motifs is 1. The van der Waals surface area contributed by atoms with E-state index in [0.717, 1.165) is 0 Å². The van der Waals surface area contributed by atoms with Gasteiger partial charge >= 0.3 is 0 Å². The van der Waals surface area contributed by atoms with Gasteiger partial charge in [-0.3, -0.25) is 4.79 Å². The fraction of sp³-hybridized carbons (Fsp3) is 0.316. The van der Waals surface area contributed by atoms with Crippen molar-refractivity contribution in [2.24, 2.45) is 5.92 Å². The van der Waals surface area contributed by atoms with Gasteiger partial charge < -0.3 is 10.1 Å². The van der Waals surface area contributed by atoms with Crippen LogP contribution in [0.25, 0.3) is 11.0 Å². The quantitative estimate of drug-likeness (QED) is 0.635. The van der Waals surface area contributed by atoms with Gasteiger partial charge in [0.25, 0.3) is 0 Å². The molecule has 1 saturated heterocycles. The number of methoxy groups -OCH3 is 1. The molecule has 1 N–H and O–H groups in total. The van der Waals surface area contributed by atoms with E-state index < -0.39 is 10.0 Å². The summed E-state index contributed by atoms with van der Waals surface area (Å²) in [5.41, 5.74) is 1.06. The maximum atomic E-state index is 13.1. The van der Waals surface area contributed by atoms with Crippen molar-refractivity contribution in [2.45, 2.75) is 17.7 Å². The third-order valence-electron chi connectivity index (χ3n) is 5.11. The largest absolute Gasteiger partial charge is 0.495 e. The van der Waals surface area contributed by atoms with E-state index in [9.17, 15) is 13.2 Å². The van der Waals surface area contributed by atoms with Crippen molar-refractivity contribution < 1.29 is 22.6 Å². The fourth-order valence-corrected chi connectivity index (χ4v) is 5.28. The van der Waals surface area contributed by atoms with Crippen LogP contribution in [0.4, 0.5) is 5.69 Å². The number of carbonyl (C=O) groups is 1. The molecule has 11 heteroatoms. The number of carbonyl (C=O) groups excluding carboxylic acids is 1. The van der Waals surface area contributed by atoms with Gasteiger partial charge in [-0.15, -0.1) is 0 Å². The van der Waals surface area contributed by atoms with E-state index in [1.54, 1.807) is 30.3 Å². The van der Waals surface area contributed by atoms with E-state index in [-0.39, 0.29) is 35.3 Å². The Labute approximate surface area is 178 Å². The van der Waals surface area contributed by atoms with Gasteiger partial charge in [0.05, 0.1) is 12.8 Å². The zero-order chi connectivity index (χ0) is 21.3. The third-order valence-corrected chi connectivity index (χ3v) is 7.28. The molecule has 0 unspecified atom stereocenters. The third kappa shape index (κ3) is 3.85. The van der Waals surface area contributed by atoms with Crippen LogP contribution in [0.3, 0.4) is 0 Å². The zero-order valence-electron chi connectivity index (χ0n) is 16.0. The molecule has 1 aliphatic rings. The van der Waals surface area contributed by atoms with Gasteiger partial charge in [0.15, 0.2) is 5.52 Å². The Morgan fingerprint density at radius 1 is 1.23 bits per heavy atom. The average Bonchev–Trinajstić information content (AvgIpc) is 3.23. The minimum absolute atomic E-state index is 0.0489. The average molecular weight is 451 g/mol. The molecule has 4 rings (SSSR count). The molecule has 0 aliphatic carbocycles. The van der Waals surface area contributed by atoms with Crippen LogP contribution >= 0.6 is 11.6 Å². The summed E-state index contributed by atoms with van der Waals surface area (Å²) in [5.74, 6) is -0.0258. The molecule has 0 atom stereocenters. The second-order valence-electron chi connectivity index (χ2n) is 6.90. The van der Waals surface area contributed by atoms with Crippen LogP contribution in [0.2, 0.25) is 5.02 Å². The number of amides is 1. The zero-order valence-corrected chi connectivity index (χ0v) is 17.6. The number of nitrogens with zero attached hydrogens (tertiary/aromatic N) is 3. The molecule has 1 aliphatic heterocycles. The highest BCUT2D eigenvalue weighted by Gasteiger charge is 2.34. The fourth-order valence-electron chi connectivity index (χ4n) is 3.50. The molecule has 0 saturated carbocycles. The molecule has 3 aromatic rings. The predicted octanol–water partition coefficient (Wildman–Crippen LogP) is 2.92. The topological polar surface area (TPSA) is 115 Å². The minimum atomic E-state index is -3.78. The highest BCUT2D eigenvalue weighted by Crippen LogP contribution is 2.31. The standard InChI is InChI=1S/C19H19ClN4O5S/c1-28-16-6-5-13(20)11-15(16)21-19(25)12-7-9-24(10-8-12)30(26,27)17-4-2-3-14-18(17)23-29-22-14/h2-6,11-12H,7-10H2,1H3,(H,21,25). The molecule has 158 valence electrons. The van der Waals surface area contributed by atoms with Gasteiger partial charge in [-0.05, 0) is 53.5 Å². The van der Waals surface area contributed by atoms with Crippen molar-refractivity contribution in [2.75, 3.05) is 25.5 Å². The van der Waals surface area contributed by atoms with Crippen LogP contribution < -0.4 is 10.1 Å². The Morgan fingerprint density at radius 3 is 2.73 bits per heavy atom. The lowest BCUT2D eigenvalue weighted by atomic mass is 9.97. The summed E-state index contributed by atoms with van der Waals surface area (Å²) in [6, 6.07) is 9.66. The van der Waals surface area contributed by atoms with E-state index in [4.69, 9.17) is 16.3 Å². The van der Waals surface area contributed by atoms with Gasteiger partial charge in [0.1, 0.15) is 16.2 Å². The summed E-state index contributed by atoms with van der Waals surface area (Å²) in [4.78, 5) is 12.8. The molecule has 1 fully saturated rings. The van der Waals surface area contributed by atoms with Gasteiger partial charge in [-0.1, -0.05) is 17.7 Å². The number of anilines is 1. The first-order chi connectivity index (χ1) is 14.4. The van der Waals surface area contributed by atoms with Crippen LogP contribution in [0.15, 0.2) is 45.9 Å². The Morgan fingerprint density at radius 2 is 2.00 bits per heavy atom. The Kier molecular flexibility index (Phi) is 5.63. The highest BCUT2D eigenvalue weighted by atomic mass is 35.5. The molecular formula is C19H19ClN4O5S. The first-order valence-corrected chi connectivity index (χ1v) is 11.1. The van der Waals surface area contributed by atoms with Gasteiger partial charge in [-0.25, -0.2) is 13.0 Å². The number of ether oxygens (including phenoxy) is 1. The molecule has 9 nitrogen and oxygen atoms in total. The summed E-state index contributed by atoms with van der Waals surface area (Å²) < 4.78 is 37.4. The lowest BCUT2D eigenvalue weighted by Crippen LogP contribution is -2.41. The normalized spacial score (nSPS) is 15.9. The second kappa shape index (κ2) is 8.21. The number of rotatable bonds is 5. The number of aromatic nitrogens is 2. The van der Waals surface area contributed by atoms with E-state index in [1.165, 1.54) is 17.5 Å². The molecule has 2 aromatic carbocycles. The van der Waals surface area contributed by atoms with Gasteiger partial charge in [0.2, 0.25) is 15.9 Å². The maximum Gasteiger partial charge on any atom is 0.245 e. The van der Waals surface area contributed by atoms with E-state index in [0.29, 0.717) is 34.8 Å². The predicted molar refractivity (Wildman–Crippen MR) is 110 cm³/mol. The SMILES string of the molecule is COc1ccc(Cl)cc1NC(=O)C1CCN(S(=O)(=O)c2cccc3nonc23)CC1. The van der Waals surface area contributed by atoms with Gasteiger partial charge in [0, 0.05) is 24.0 Å². The number of piperidine rings is 1.